The molecule has 0 unspecified atom stereocenters. The van der Waals surface area contributed by atoms with Crippen LogP contribution in [0.25, 0.3) is 6.08 Å². The number of rotatable bonds is 9. The number of esters is 2. The van der Waals surface area contributed by atoms with E-state index in [9.17, 15) is 14.4 Å². The van der Waals surface area contributed by atoms with Crippen molar-refractivity contribution in [3.8, 4) is 17.2 Å². The molecule has 1 aliphatic rings. The Labute approximate surface area is 229 Å². The van der Waals surface area contributed by atoms with Gasteiger partial charge < -0.3 is 18.9 Å². The Morgan fingerprint density at radius 1 is 1.08 bits per heavy atom. The Bertz CT molecular complexity index is 1620. The summed E-state index contributed by atoms with van der Waals surface area (Å²) in [6.45, 7) is 5.21. The van der Waals surface area contributed by atoms with Gasteiger partial charge in [0.1, 0.15) is 23.3 Å². The largest absolute Gasteiger partial charge is 0.497 e. The van der Waals surface area contributed by atoms with Crippen LogP contribution in [0.2, 0.25) is 0 Å². The second kappa shape index (κ2) is 12.1. The average Bonchev–Trinajstić information content (AvgIpc) is 3.23. The summed E-state index contributed by atoms with van der Waals surface area (Å²) in [4.78, 5) is 44.2. The number of hydrogen-bond acceptors (Lipinski definition) is 9. The highest BCUT2D eigenvalue weighted by molar-refractivity contribution is 7.07. The smallest absolute Gasteiger partial charge is 0.338 e. The molecule has 0 radical (unpaired) electrons. The van der Waals surface area contributed by atoms with Crippen LogP contribution >= 0.6 is 11.3 Å². The van der Waals surface area contributed by atoms with E-state index in [-0.39, 0.29) is 17.7 Å². The number of thiazole rings is 1. The van der Waals surface area contributed by atoms with Gasteiger partial charge in [-0.15, -0.1) is 0 Å². The fraction of sp³-hybridized carbons (Fsp3) is 0.310. The van der Waals surface area contributed by atoms with Crippen LogP contribution in [0.1, 0.15) is 50.8 Å². The number of aromatic nitrogens is 1. The molecule has 0 saturated carbocycles. The lowest BCUT2D eigenvalue weighted by atomic mass is 9.93. The summed E-state index contributed by atoms with van der Waals surface area (Å²) in [6.07, 6.45) is 2.90. The van der Waals surface area contributed by atoms with Gasteiger partial charge in [0.25, 0.3) is 5.56 Å². The molecule has 0 saturated heterocycles. The molecule has 4 rings (SSSR count). The molecular weight excluding hydrogens is 520 g/mol. The molecule has 204 valence electrons. The fourth-order valence-electron chi connectivity index (χ4n) is 4.46. The summed E-state index contributed by atoms with van der Waals surface area (Å²) < 4.78 is 23.8. The molecule has 1 atom stereocenters. The highest BCUT2D eigenvalue weighted by Gasteiger charge is 2.36. The van der Waals surface area contributed by atoms with Crippen molar-refractivity contribution in [1.82, 2.24) is 4.57 Å². The molecule has 0 N–H and O–H groups in total. The van der Waals surface area contributed by atoms with Crippen molar-refractivity contribution >= 4 is 29.4 Å². The lowest BCUT2D eigenvalue weighted by Crippen LogP contribution is -2.40. The van der Waals surface area contributed by atoms with Gasteiger partial charge in [-0.3, -0.25) is 14.2 Å². The molecular formula is C29H30N2O7S. The summed E-state index contributed by atoms with van der Waals surface area (Å²) in [5, 5.41) is 0. The summed E-state index contributed by atoms with van der Waals surface area (Å²) in [5.41, 5.74) is 1.61. The Kier molecular flexibility index (Phi) is 8.65. The van der Waals surface area contributed by atoms with Gasteiger partial charge in [0.2, 0.25) is 0 Å². The van der Waals surface area contributed by atoms with Gasteiger partial charge in [0, 0.05) is 18.1 Å². The van der Waals surface area contributed by atoms with Crippen LogP contribution in [-0.2, 0) is 14.3 Å². The molecule has 0 aliphatic carbocycles. The number of para-hydroxylation sites is 1. The maximum absolute atomic E-state index is 14.0. The monoisotopic (exact) mass is 550 g/mol. The van der Waals surface area contributed by atoms with E-state index in [2.05, 4.69) is 0 Å². The van der Waals surface area contributed by atoms with Crippen molar-refractivity contribution in [3.05, 3.63) is 84.5 Å². The van der Waals surface area contributed by atoms with Gasteiger partial charge in [-0.05, 0) is 43.7 Å². The van der Waals surface area contributed by atoms with Crippen LogP contribution < -0.4 is 29.1 Å². The van der Waals surface area contributed by atoms with E-state index < -0.39 is 18.0 Å². The zero-order valence-electron chi connectivity index (χ0n) is 22.5. The third-order valence-corrected chi connectivity index (χ3v) is 7.07. The first-order valence-corrected chi connectivity index (χ1v) is 13.4. The van der Waals surface area contributed by atoms with E-state index in [0.717, 1.165) is 6.42 Å². The summed E-state index contributed by atoms with van der Waals surface area (Å²) >= 11 is 1.19. The van der Waals surface area contributed by atoms with Crippen LogP contribution in [0.3, 0.4) is 0 Å². The number of carbonyl (C=O) groups excluding carboxylic acids is 2. The van der Waals surface area contributed by atoms with Gasteiger partial charge in [-0.25, -0.2) is 9.79 Å². The van der Waals surface area contributed by atoms with Gasteiger partial charge in [0.05, 0.1) is 36.6 Å². The van der Waals surface area contributed by atoms with Crippen molar-refractivity contribution in [3.63, 3.8) is 0 Å². The Hall–Kier alpha value is -4.18. The molecule has 39 heavy (non-hydrogen) atoms. The van der Waals surface area contributed by atoms with Crippen molar-refractivity contribution in [2.75, 3.05) is 20.8 Å². The molecule has 10 heteroatoms. The molecule has 0 bridgehead atoms. The van der Waals surface area contributed by atoms with E-state index in [1.54, 1.807) is 62.6 Å². The predicted molar refractivity (Wildman–Crippen MR) is 147 cm³/mol. The first-order valence-electron chi connectivity index (χ1n) is 12.5. The molecule has 1 aliphatic heterocycles. The first-order chi connectivity index (χ1) is 18.8. The molecule has 0 amide bonds. The molecule has 1 aromatic heterocycles. The Morgan fingerprint density at radius 3 is 2.51 bits per heavy atom. The van der Waals surface area contributed by atoms with Gasteiger partial charge in [0.15, 0.2) is 4.80 Å². The molecule has 0 spiro atoms. The highest BCUT2D eigenvalue weighted by Crippen LogP contribution is 2.38. The van der Waals surface area contributed by atoms with Gasteiger partial charge in [-0.1, -0.05) is 42.9 Å². The highest BCUT2D eigenvalue weighted by atomic mass is 32.1. The summed E-state index contributed by atoms with van der Waals surface area (Å²) in [6, 6.07) is 11.3. The second-order valence-corrected chi connectivity index (χ2v) is 9.66. The van der Waals surface area contributed by atoms with Gasteiger partial charge in [-0.2, -0.15) is 0 Å². The minimum Gasteiger partial charge on any atom is -0.497 e. The topological polar surface area (TPSA) is 105 Å². The van der Waals surface area contributed by atoms with E-state index in [1.165, 1.54) is 29.9 Å². The Morgan fingerprint density at radius 2 is 1.85 bits per heavy atom. The number of nitrogens with zero attached hydrogens (tertiary/aromatic N) is 2. The molecule has 2 aromatic carbocycles. The van der Waals surface area contributed by atoms with E-state index in [4.69, 9.17) is 23.9 Å². The zero-order valence-corrected chi connectivity index (χ0v) is 23.3. The number of allylic oxidation sites excluding steroid dienone is 1. The quantitative estimate of drug-likeness (QED) is 0.297. The van der Waals surface area contributed by atoms with Crippen LogP contribution in [0, 0.1) is 0 Å². The molecule has 3 aromatic rings. The normalized spacial score (nSPS) is 14.9. The molecule has 9 nitrogen and oxygen atoms in total. The summed E-state index contributed by atoms with van der Waals surface area (Å²) in [5.74, 6) is 0.344. The maximum atomic E-state index is 14.0. The minimum atomic E-state index is -0.863. The number of methoxy groups -OCH3 is 2. The Balaban J connectivity index is 2.05. The third-order valence-electron chi connectivity index (χ3n) is 6.08. The SMILES string of the molecule is CCCC1=C(C(=O)OCC)[C@@H](c2cc(OC)ccc2OC)n2c(s/c(=C\c3ccccc3OC(C)=O)c2=O)=N1. The van der Waals surface area contributed by atoms with E-state index in [1.807, 2.05) is 6.92 Å². The van der Waals surface area contributed by atoms with E-state index >= 15 is 0 Å². The van der Waals surface area contributed by atoms with Crippen LogP contribution in [0.15, 0.2) is 63.5 Å². The lowest BCUT2D eigenvalue weighted by molar-refractivity contribution is -0.139. The summed E-state index contributed by atoms with van der Waals surface area (Å²) in [7, 11) is 3.07. The van der Waals surface area contributed by atoms with Crippen molar-refractivity contribution < 1.29 is 28.5 Å². The molecule has 0 fully saturated rings. The van der Waals surface area contributed by atoms with Crippen LogP contribution in [0.5, 0.6) is 17.2 Å². The van der Waals surface area contributed by atoms with E-state index in [0.29, 0.717) is 49.8 Å². The fourth-order valence-corrected chi connectivity index (χ4v) is 5.47. The maximum Gasteiger partial charge on any atom is 0.338 e. The standard InChI is InChI=1S/C29H30N2O7S/c1-6-10-21-25(28(34)37-7-2)26(20-16-19(35-4)13-14-23(20)36-5)31-27(33)24(39-29(31)30-21)15-18-11-8-9-12-22(18)38-17(3)32/h8-9,11-16,26H,6-7,10H2,1-5H3/b24-15-/t26-/m1/s1. The van der Waals surface area contributed by atoms with Crippen molar-refractivity contribution in [1.29, 1.82) is 0 Å². The second-order valence-electron chi connectivity index (χ2n) is 8.65. The number of carbonyl (C=O) groups is 2. The van der Waals surface area contributed by atoms with Crippen molar-refractivity contribution in [2.45, 2.75) is 39.7 Å². The van der Waals surface area contributed by atoms with Crippen LogP contribution in [-0.4, -0.2) is 37.3 Å². The minimum absolute atomic E-state index is 0.168. The third kappa shape index (κ3) is 5.65. The van der Waals surface area contributed by atoms with Crippen LogP contribution in [0.4, 0.5) is 0 Å². The molecule has 2 heterocycles. The first kappa shape index (κ1) is 27.8. The predicted octanol–water partition coefficient (Wildman–Crippen LogP) is 3.52. The average molecular weight is 551 g/mol. The van der Waals surface area contributed by atoms with Gasteiger partial charge >= 0.3 is 11.9 Å². The van der Waals surface area contributed by atoms with Crippen molar-refractivity contribution in [2.24, 2.45) is 4.99 Å². The number of hydrogen-bond donors (Lipinski definition) is 0. The lowest BCUT2D eigenvalue weighted by Gasteiger charge is -2.27. The number of ether oxygens (including phenoxy) is 4. The number of fused-ring (bicyclic) bond motifs is 1. The zero-order chi connectivity index (χ0) is 28.1. The number of benzene rings is 2.